The van der Waals surface area contributed by atoms with Crippen molar-refractivity contribution in [2.75, 3.05) is 0 Å². The van der Waals surface area contributed by atoms with Crippen molar-refractivity contribution < 1.29 is 20.4 Å². The minimum atomic E-state index is -0.519. The third kappa shape index (κ3) is 8.41. The van der Waals surface area contributed by atoms with E-state index in [0.717, 1.165) is 98.7 Å². The van der Waals surface area contributed by atoms with E-state index in [1.54, 1.807) is 11.1 Å². The molecule has 0 radical (unpaired) electrons. The minimum Gasteiger partial charge on any atom is -0.393 e. The average Bonchev–Trinajstić information content (AvgIpc) is 3.70. The highest BCUT2D eigenvalue weighted by molar-refractivity contribution is 5.27. The number of allylic oxidation sites excluding steroid dienone is 2. The number of hydrogen-bond donors (Lipinski definition) is 4. The van der Waals surface area contributed by atoms with Gasteiger partial charge in [0.15, 0.2) is 0 Å². The van der Waals surface area contributed by atoms with Crippen molar-refractivity contribution in [2.45, 2.75) is 228 Å². The molecular formula is C54H92O4. The predicted octanol–water partition coefficient (Wildman–Crippen LogP) is 12.9. The van der Waals surface area contributed by atoms with Crippen molar-refractivity contribution in [3.63, 3.8) is 0 Å². The first-order chi connectivity index (χ1) is 27.2. The van der Waals surface area contributed by atoms with Gasteiger partial charge in [-0.3, -0.25) is 0 Å². The van der Waals surface area contributed by atoms with Crippen LogP contribution in [-0.4, -0.2) is 44.3 Å². The first-order valence-electron chi connectivity index (χ1n) is 25.4. The molecule has 0 aliphatic heterocycles. The topological polar surface area (TPSA) is 80.9 Å². The van der Waals surface area contributed by atoms with E-state index in [0.29, 0.717) is 39.4 Å². The van der Waals surface area contributed by atoms with Crippen molar-refractivity contribution in [1.82, 2.24) is 0 Å². The summed E-state index contributed by atoms with van der Waals surface area (Å²) < 4.78 is 0. The molecule has 4 nitrogen and oxygen atoms in total. The molecule has 17 atom stereocenters. The molecular weight excluding hydrogens is 713 g/mol. The van der Waals surface area contributed by atoms with Gasteiger partial charge in [0.1, 0.15) is 0 Å². The summed E-state index contributed by atoms with van der Waals surface area (Å²) >= 11 is 0. The van der Waals surface area contributed by atoms with Crippen LogP contribution in [0.4, 0.5) is 0 Å². The van der Waals surface area contributed by atoms with Crippen LogP contribution in [0.15, 0.2) is 23.3 Å². The number of rotatable bonds is 10. The van der Waals surface area contributed by atoms with Gasteiger partial charge in [-0.05, 0) is 223 Å². The highest BCUT2D eigenvalue weighted by Crippen LogP contribution is 2.69. The zero-order valence-corrected chi connectivity index (χ0v) is 39.4. The van der Waals surface area contributed by atoms with Crippen LogP contribution in [-0.2, 0) is 0 Å². The van der Waals surface area contributed by atoms with Crippen LogP contribution in [0.1, 0.15) is 204 Å². The molecule has 4 heteroatoms. The minimum absolute atomic E-state index is 0.0969. The Morgan fingerprint density at radius 1 is 0.621 bits per heavy atom. The fraction of sp³-hybridized carbons (Fsp3) is 0.926. The van der Waals surface area contributed by atoms with Crippen molar-refractivity contribution >= 4 is 0 Å². The second-order valence-electron chi connectivity index (χ2n) is 24.8. The Morgan fingerprint density at radius 3 is 1.59 bits per heavy atom. The summed E-state index contributed by atoms with van der Waals surface area (Å²) in [6, 6.07) is 0. The third-order valence-corrected chi connectivity index (χ3v) is 20.7. The Kier molecular flexibility index (Phi) is 13.4. The lowest BCUT2D eigenvalue weighted by atomic mass is 9.47. The van der Waals surface area contributed by atoms with E-state index in [4.69, 9.17) is 0 Å². The van der Waals surface area contributed by atoms with Gasteiger partial charge in [0, 0.05) is 0 Å². The molecule has 58 heavy (non-hydrogen) atoms. The Hall–Kier alpha value is -0.680. The Balaban J connectivity index is 0.000000177. The zero-order valence-electron chi connectivity index (χ0n) is 39.4. The van der Waals surface area contributed by atoms with Gasteiger partial charge in [0.25, 0.3) is 0 Å². The lowest BCUT2D eigenvalue weighted by Crippen LogP contribution is -2.51. The Bertz CT molecular complexity index is 1470. The van der Waals surface area contributed by atoms with Crippen LogP contribution in [0.3, 0.4) is 0 Å². The maximum atomic E-state index is 11.0. The number of aliphatic hydroxyl groups is 4. The molecule has 0 bridgehead atoms. The molecule has 0 saturated heterocycles. The molecule has 6 saturated carbocycles. The van der Waals surface area contributed by atoms with Gasteiger partial charge in [-0.2, -0.15) is 0 Å². The summed E-state index contributed by atoms with van der Waals surface area (Å²) in [5.41, 5.74) is 4.28. The van der Waals surface area contributed by atoms with E-state index in [2.05, 4.69) is 67.5 Å². The van der Waals surface area contributed by atoms with Crippen molar-refractivity contribution in [1.29, 1.82) is 0 Å². The summed E-state index contributed by atoms with van der Waals surface area (Å²) in [5.74, 6) is 8.49. The second-order valence-corrected chi connectivity index (χ2v) is 24.8. The first-order valence-corrected chi connectivity index (χ1v) is 25.4. The lowest BCUT2D eigenvalue weighted by Gasteiger charge is -2.58. The highest BCUT2D eigenvalue weighted by atomic mass is 16.3. The second kappa shape index (κ2) is 17.1. The Morgan fingerprint density at radius 2 is 1.10 bits per heavy atom. The van der Waals surface area contributed by atoms with E-state index < -0.39 is 5.60 Å². The van der Waals surface area contributed by atoms with Crippen LogP contribution in [0, 0.1) is 86.8 Å². The van der Waals surface area contributed by atoms with Gasteiger partial charge in [-0.1, -0.05) is 91.5 Å². The summed E-state index contributed by atoms with van der Waals surface area (Å²) in [7, 11) is 0. The van der Waals surface area contributed by atoms with E-state index in [9.17, 15) is 20.4 Å². The lowest BCUT2D eigenvalue weighted by molar-refractivity contribution is -0.0681. The molecule has 0 aromatic carbocycles. The summed E-state index contributed by atoms with van der Waals surface area (Å²) in [6.07, 6.45) is 30.0. The van der Waals surface area contributed by atoms with Gasteiger partial charge in [0.05, 0.1) is 23.9 Å². The fourth-order valence-corrected chi connectivity index (χ4v) is 17.3. The van der Waals surface area contributed by atoms with Crippen molar-refractivity contribution in [3.05, 3.63) is 23.3 Å². The van der Waals surface area contributed by atoms with E-state index in [-0.39, 0.29) is 18.3 Å². The monoisotopic (exact) mass is 805 g/mol. The molecule has 0 aromatic rings. The number of aliphatic hydroxyl groups excluding tert-OH is 3. The quantitative estimate of drug-likeness (QED) is 0.166. The normalized spacial score (nSPS) is 46.1. The molecule has 0 amide bonds. The molecule has 332 valence electrons. The zero-order chi connectivity index (χ0) is 42.0. The molecule has 8 rings (SSSR count). The fourth-order valence-electron chi connectivity index (χ4n) is 17.3. The van der Waals surface area contributed by atoms with E-state index in [1.165, 1.54) is 83.5 Å². The van der Waals surface area contributed by atoms with Gasteiger partial charge in [0.2, 0.25) is 0 Å². The highest BCUT2D eigenvalue weighted by Gasteiger charge is 2.61. The molecule has 0 spiro atoms. The maximum Gasteiger partial charge on any atom is 0.0591 e. The van der Waals surface area contributed by atoms with Crippen LogP contribution in [0.2, 0.25) is 0 Å². The largest absolute Gasteiger partial charge is 0.393 e. The van der Waals surface area contributed by atoms with Crippen LogP contribution in [0.5, 0.6) is 0 Å². The van der Waals surface area contributed by atoms with Crippen LogP contribution < -0.4 is 0 Å². The number of fused-ring (bicyclic) bond motifs is 10. The van der Waals surface area contributed by atoms with Gasteiger partial charge in [-0.25, -0.2) is 0 Å². The van der Waals surface area contributed by atoms with Gasteiger partial charge >= 0.3 is 0 Å². The van der Waals surface area contributed by atoms with Crippen LogP contribution in [0.25, 0.3) is 0 Å². The van der Waals surface area contributed by atoms with Gasteiger partial charge in [-0.15, -0.1) is 0 Å². The predicted molar refractivity (Wildman–Crippen MR) is 241 cm³/mol. The molecule has 4 N–H and O–H groups in total. The van der Waals surface area contributed by atoms with Crippen LogP contribution >= 0.6 is 0 Å². The van der Waals surface area contributed by atoms with E-state index >= 15 is 0 Å². The standard InChI is InChI=1S/2C27H46O2/c1-17(2)6-11-25(29)18(3)22-9-10-23-21-8-7-19-16-20(28)12-14-26(19,4)24(21)13-15-27(22,23)5;1-18(7-6-14-25(2,3)29)22-10-11-23-21-9-8-19-17-20(28)12-15-26(19,4)24(21)13-16-27(22,23)5/h7,17-18,20-25,28-29H,6,8-16H2,1-5H3;8,18,20-24,28-29H,6-7,9-17H2,1-5H3/t18?,20-,21-,22+,23-,24-,25?,26-,27+;18?,20-,21-,22+,23-,24-,26-,27+/m00/s1. The molecule has 6 fully saturated rings. The maximum absolute atomic E-state index is 11.0. The molecule has 8 aliphatic rings. The summed E-state index contributed by atoms with van der Waals surface area (Å²) in [6.45, 7) is 23.6. The average molecular weight is 805 g/mol. The summed E-state index contributed by atoms with van der Waals surface area (Å²) in [5, 5.41) is 41.4. The van der Waals surface area contributed by atoms with E-state index in [1.807, 2.05) is 13.8 Å². The molecule has 0 aromatic heterocycles. The molecule has 0 heterocycles. The molecule has 3 unspecified atom stereocenters. The SMILES string of the molecule is CC(C)CCC(O)C(C)[C@H]1CC[C@H]2[C@@H]3CC=C4C[C@@H](O)CC[C@]4(C)[C@H]3CC[C@]12C.CC(CCCC(C)(C)O)[C@H]1CC[C@H]2[C@@H]3CC=C4C[C@@H](O)CC[C@]4(C)[C@H]3CC[C@]12C. The Labute approximate surface area is 357 Å². The number of hydrogen-bond acceptors (Lipinski definition) is 4. The van der Waals surface area contributed by atoms with Gasteiger partial charge < -0.3 is 20.4 Å². The third-order valence-electron chi connectivity index (χ3n) is 20.7. The summed E-state index contributed by atoms with van der Waals surface area (Å²) in [4.78, 5) is 0. The van der Waals surface area contributed by atoms with Crippen molar-refractivity contribution in [3.8, 4) is 0 Å². The van der Waals surface area contributed by atoms with Crippen molar-refractivity contribution in [2.24, 2.45) is 86.8 Å². The smallest absolute Gasteiger partial charge is 0.0591 e. The molecule has 8 aliphatic carbocycles. The first kappa shape index (κ1) is 45.3.